The number of amides is 2. The molecule has 6 heteroatoms. The normalized spacial score (nSPS) is 21.3. The maximum Gasteiger partial charge on any atom is 0.410 e. The average Bonchev–Trinajstić information content (AvgIpc) is 2.89. The van der Waals surface area contributed by atoms with E-state index in [1.54, 1.807) is 4.90 Å². The minimum absolute atomic E-state index is 0.0414. The molecule has 1 atom stereocenters. The molecule has 0 radical (unpaired) electrons. The van der Waals surface area contributed by atoms with Crippen molar-refractivity contribution in [2.24, 2.45) is 0 Å². The zero-order valence-corrected chi connectivity index (χ0v) is 15.2. The third-order valence-electron chi connectivity index (χ3n) is 3.97. The summed E-state index contributed by atoms with van der Waals surface area (Å²) in [4.78, 5) is 25.6. The van der Waals surface area contributed by atoms with E-state index < -0.39 is 11.2 Å². The monoisotopic (exact) mass is 328 g/mol. The third-order valence-corrected chi connectivity index (χ3v) is 3.97. The fourth-order valence-electron chi connectivity index (χ4n) is 2.51. The maximum atomic E-state index is 12.1. The Hall–Kier alpha value is -1.30. The van der Waals surface area contributed by atoms with Crippen LogP contribution in [0.2, 0.25) is 0 Å². The first-order valence-electron chi connectivity index (χ1n) is 8.60. The molecule has 2 amide bonds. The SMILES string of the molecule is CCCCNC(=O)COC1(CC)CCN(C(=O)OC(C)(C)C)C1. The molecule has 1 aliphatic rings. The summed E-state index contributed by atoms with van der Waals surface area (Å²) >= 11 is 0. The van der Waals surface area contributed by atoms with Gasteiger partial charge in [-0.1, -0.05) is 20.3 Å². The van der Waals surface area contributed by atoms with Crippen molar-refractivity contribution < 1.29 is 19.1 Å². The Balaban J connectivity index is 2.47. The van der Waals surface area contributed by atoms with Gasteiger partial charge >= 0.3 is 6.09 Å². The van der Waals surface area contributed by atoms with Gasteiger partial charge in [0, 0.05) is 13.1 Å². The number of likely N-dealkylation sites (tertiary alicyclic amines) is 1. The lowest BCUT2D eigenvalue weighted by Gasteiger charge is -2.29. The second-order valence-electron chi connectivity index (χ2n) is 7.18. The van der Waals surface area contributed by atoms with Crippen molar-refractivity contribution >= 4 is 12.0 Å². The molecule has 0 bridgehead atoms. The van der Waals surface area contributed by atoms with Crippen LogP contribution in [-0.4, -0.2) is 54.3 Å². The van der Waals surface area contributed by atoms with Gasteiger partial charge in [-0.3, -0.25) is 4.79 Å². The van der Waals surface area contributed by atoms with Crippen LogP contribution in [-0.2, 0) is 14.3 Å². The Morgan fingerprint density at radius 1 is 1.26 bits per heavy atom. The van der Waals surface area contributed by atoms with Gasteiger partial charge in [-0.25, -0.2) is 4.79 Å². The largest absolute Gasteiger partial charge is 0.444 e. The molecule has 0 aromatic rings. The number of rotatable bonds is 7. The summed E-state index contributed by atoms with van der Waals surface area (Å²) < 4.78 is 11.3. The van der Waals surface area contributed by atoms with Crippen LogP contribution >= 0.6 is 0 Å². The molecule has 134 valence electrons. The van der Waals surface area contributed by atoms with Crippen LogP contribution < -0.4 is 5.32 Å². The summed E-state index contributed by atoms with van der Waals surface area (Å²) in [6.45, 7) is 11.5. The van der Waals surface area contributed by atoms with E-state index in [0.29, 0.717) is 19.6 Å². The number of nitrogens with zero attached hydrogens (tertiary/aromatic N) is 1. The molecule has 0 saturated carbocycles. The van der Waals surface area contributed by atoms with Gasteiger partial charge in [-0.05, 0) is 40.0 Å². The van der Waals surface area contributed by atoms with E-state index in [1.807, 2.05) is 27.7 Å². The first-order chi connectivity index (χ1) is 10.7. The highest BCUT2D eigenvalue weighted by Gasteiger charge is 2.41. The van der Waals surface area contributed by atoms with E-state index >= 15 is 0 Å². The number of ether oxygens (including phenoxy) is 2. The van der Waals surface area contributed by atoms with Crippen molar-refractivity contribution in [2.45, 2.75) is 71.5 Å². The molecule has 1 N–H and O–H groups in total. The number of carbonyl (C=O) groups is 2. The minimum atomic E-state index is -0.505. The van der Waals surface area contributed by atoms with E-state index in [2.05, 4.69) is 12.2 Å². The van der Waals surface area contributed by atoms with Crippen LogP contribution in [0.5, 0.6) is 0 Å². The zero-order valence-electron chi connectivity index (χ0n) is 15.2. The van der Waals surface area contributed by atoms with Crippen molar-refractivity contribution in [3.8, 4) is 0 Å². The molecule has 0 aromatic heterocycles. The van der Waals surface area contributed by atoms with Gasteiger partial charge in [0.05, 0.1) is 12.1 Å². The third kappa shape index (κ3) is 6.77. The van der Waals surface area contributed by atoms with Crippen LogP contribution in [0.1, 0.15) is 60.3 Å². The summed E-state index contributed by atoms with van der Waals surface area (Å²) in [5.74, 6) is -0.0954. The second kappa shape index (κ2) is 8.52. The minimum Gasteiger partial charge on any atom is -0.444 e. The highest BCUT2D eigenvalue weighted by molar-refractivity contribution is 5.77. The molecule has 1 unspecified atom stereocenters. The molecule has 1 fully saturated rings. The Morgan fingerprint density at radius 3 is 2.52 bits per heavy atom. The maximum absolute atomic E-state index is 12.1. The van der Waals surface area contributed by atoms with E-state index in [-0.39, 0.29) is 18.6 Å². The Bertz CT molecular complexity index is 406. The first-order valence-corrected chi connectivity index (χ1v) is 8.60. The molecule has 1 rings (SSSR count). The number of nitrogens with one attached hydrogen (secondary N) is 1. The average molecular weight is 328 g/mol. The van der Waals surface area contributed by atoms with Gasteiger partial charge in [0.1, 0.15) is 12.2 Å². The fourth-order valence-corrected chi connectivity index (χ4v) is 2.51. The Labute approximate surface area is 139 Å². The molecule has 1 aliphatic heterocycles. The van der Waals surface area contributed by atoms with Gasteiger partial charge in [-0.15, -0.1) is 0 Å². The fraction of sp³-hybridized carbons (Fsp3) is 0.882. The predicted molar refractivity (Wildman–Crippen MR) is 89.3 cm³/mol. The van der Waals surface area contributed by atoms with Gasteiger partial charge in [0.25, 0.3) is 0 Å². The van der Waals surface area contributed by atoms with Crippen LogP contribution in [0, 0.1) is 0 Å². The van der Waals surface area contributed by atoms with E-state index in [1.165, 1.54) is 0 Å². The van der Waals surface area contributed by atoms with Gasteiger partial charge in [0.2, 0.25) is 5.91 Å². The van der Waals surface area contributed by atoms with Crippen molar-refractivity contribution in [1.82, 2.24) is 10.2 Å². The molecule has 1 heterocycles. The van der Waals surface area contributed by atoms with Gasteiger partial charge in [-0.2, -0.15) is 0 Å². The Morgan fingerprint density at radius 2 is 1.96 bits per heavy atom. The molecule has 0 aromatic carbocycles. The van der Waals surface area contributed by atoms with E-state index in [9.17, 15) is 9.59 Å². The topological polar surface area (TPSA) is 67.9 Å². The molecular weight excluding hydrogens is 296 g/mol. The lowest BCUT2D eigenvalue weighted by atomic mass is 10.00. The highest BCUT2D eigenvalue weighted by atomic mass is 16.6. The molecule has 6 nitrogen and oxygen atoms in total. The number of carbonyl (C=O) groups excluding carboxylic acids is 2. The quantitative estimate of drug-likeness (QED) is 0.730. The predicted octanol–water partition coefficient (Wildman–Crippen LogP) is 2.71. The van der Waals surface area contributed by atoms with E-state index in [0.717, 1.165) is 25.7 Å². The van der Waals surface area contributed by atoms with Crippen LogP contribution in [0.15, 0.2) is 0 Å². The summed E-state index contributed by atoms with van der Waals surface area (Å²) in [6.07, 6.45) is 3.19. The second-order valence-corrected chi connectivity index (χ2v) is 7.18. The smallest absolute Gasteiger partial charge is 0.410 e. The van der Waals surface area contributed by atoms with Crippen molar-refractivity contribution in [3.63, 3.8) is 0 Å². The number of unbranched alkanes of at least 4 members (excludes halogenated alkanes) is 1. The van der Waals surface area contributed by atoms with Crippen LogP contribution in [0.3, 0.4) is 0 Å². The highest BCUT2D eigenvalue weighted by Crippen LogP contribution is 2.29. The Kier molecular flexibility index (Phi) is 7.32. The van der Waals surface area contributed by atoms with Crippen molar-refractivity contribution in [2.75, 3.05) is 26.2 Å². The molecular formula is C17H32N2O4. The molecule has 0 spiro atoms. The lowest BCUT2D eigenvalue weighted by molar-refractivity contribution is -0.132. The summed E-state index contributed by atoms with van der Waals surface area (Å²) in [5.41, 5.74) is -0.951. The molecule has 1 saturated heterocycles. The van der Waals surface area contributed by atoms with Crippen LogP contribution in [0.4, 0.5) is 4.79 Å². The van der Waals surface area contributed by atoms with Crippen molar-refractivity contribution in [1.29, 1.82) is 0 Å². The summed E-state index contributed by atoms with van der Waals surface area (Å²) in [6, 6.07) is 0. The number of hydrogen-bond acceptors (Lipinski definition) is 4. The molecule has 23 heavy (non-hydrogen) atoms. The van der Waals surface area contributed by atoms with Gasteiger partial charge in [0.15, 0.2) is 0 Å². The summed E-state index contributed by atoms with van der Waals surface area (Å²) in [7, 11) is 0. The first kappa shape index (κ1) is 19.7. The zero-order chi connectivity index (χ0) is 17.5. The van der Waals surface area contributed by atoms with Crippen molar-refractivity contribution in [3.05, 3.63) is 0 Å². The summed E-state index contributed by atoms with van der Waals surface area (Å²) in [5, 5.41) is 2.84. The molecule has 0 aliphatic carbocycles. The lowest BCUT2D eigenvalue weighted by Crippen LogP contribution is -2.42. The van der Waals surface area contributed by atoms with E-state index in [4.69, 9.17) is 9.47 Å². The van der Waals surface area contributed by atoms with Crippen LogP contribution in [0.25, 0.3) is 0 Å². The number of hydrogen-bond donors (Lipinski definition) is 1. The van der Waals surface area contributed by atoms with Gasteiger partial charge < -0.3 is 19.7 Å². The standard InChI is InChI=1S/C17H32N2O4/c1-6-8-10-18-14(20)12-22-17(7-2)9-11-19(13-17)15(21)23-16(3,4)5/h6-13H2,1-5H3,(H,18,20).